The van der Waals surface area contributed by atoms with E-state index in [0.29, 0.717) is 0 Å². The van der Waals surface area contributed by atoms with E-state index >= 15 is 0 Å². The Bertz CT molecular complexity index is 963. The molecule has 1 aromatic heterocycles. The van der Waals surface area contributed by atoms with E-state index < -0.39 is 4.92 Å². The number of hydrogen-bond acceptors (Lipinski definition) is 6. The summed E-state index contributed by atoms with van der Waals surface area (Å²) in [5.74, 6) is 0.737. The van der Waals surface area contributed by atoms with Crippen molar-refractivity contribution >= 4 is 11.4 Å². The molecule has 0 atom stereocenters. The van der Waals surface area contributed by atoms with Crippen LogP contribution in [0.3, 0.4) is 0 Å². The molecule has 0 aliphatic heterocycles. The van der Waals surface area contributed by atoms with Gasteiger partial charge < -0.3 is 5.32 Å². The van der Waals surface area contributed by atoms with Crippen molar-refractivity contribution in [2.24, 2.45) is 0 Å². The topological polar surface area (TPSA) is 98.8 Å². The highest BCUT2D eigenvalue weighted by molar-refractivity contribution is 5.50. The van der Waals surface area contributed by atoms with Gasteiger partial charge in [-0.05, 0) is 54.0 Å². The van der Waals surface area contributed by atoms with Crippen molar-refractivity contribution in [2.75, 3.05) is 5.32 Å². The van der Waals surface area contributed by atoms with Crippen LogP contribution in [0, 0.1) is 17.0 Å². The molecule has 1 saturated carbocycles. The molecule has 1 fully saturated rings. The molecule has 0 spiro atoms. The van der Waals surface area contributed by atoms with Crippen molar-refractivity contribution < 1.29 is 4.92 Å². The van der Waals surface area contributed by atoms with E-state index in [1.165, 1.54) is 6.07 Å². The standard InChI is InChI=1S/C19H20N6O2/c1-14-13-16(25(26)27)9-10-17(14)24-18(21-22-23-24)19(11-5-6-12-19)20-15-7-3-2-4-8-15/h2-4,7-10,13,20H,5-6,11-12H2,1H3. The average molecular weight is 364 g/mol. The maximum atomic E-state index is 11.0. The molecule has 2 aromatic carbocycles. The Morgan fingerprint density at radius 1 is 1.15 bits per heavy atom. The quantitative estimate of drug-likeness (QED) is 0.547. The summed E-state index contributed by atoms with van der Waals surface area (Å²) in [6.07, 6.45) is 4.03. The van der Waals surface area contributed by atoms with Crippen LogP contribution in [0.15, 0.2) is 48.5 Å². The predicted molar refractivity (Wildman–Crippen MR) is 101 cm³/mol. The molecule has 0 amide bonds. The van der Waals surface area contributed by atoms with Gasteiger partial charge in [0.2, 0.25) is 0 Å². The number of nitro benzene ring substituents is 1. The number of nitrogens with one attached hydrogen (secondary N) is 1. The number of hydrogen-bond donors (Lipinski definition) is 1. The van der Waals surface area contributed by atoms with Gasteiger partial charge in [-0.3, -0.25) is 10.1 Å². The number of aromatic nitrogens is 4. The summed E-state index contributed by atoms with van der Waals surface area (Å²) in [4.78, 5) is 10.6. The average Bonchev–Trinajstić information content (AvgIpc) is 3.32. The van der Waals surface area contributed by atoms with Crippen LogP contribution in [-0.4, -0.2) is 25.1 Å². The van der Waals surface area contributed by atoms with Gasteiger partial charge in [-0.25, -0.2) is 0 Å². The van der Waals surface area contributed by atoms with Gasteiger partial charge in [0.25, 0.3) is 5.69 Å². The Balaban J connectivity index is 1.77. The van der Waals surface area contributed by atoms with Gasteiger partial charge >= 0.3 is 0 Å². The smallest absolute Gasteiger partial charge is 0.269 e. The summed E-state index contributed by atoms with van der Waals surface area (Å²) in [7, 11) is 0. The van der Waals surface area contributed by atoms with E-state index in [2.05, 4.69) is 20.8 Å². The Morgan fingerprint density at radius 2 is 1.89 bits per heavy atom. The molecule has 0 saturated heterocycles. The fraction of sp³-hybridized carbons (Fsp3) is 0.316. The lowest BCUT2D eigenvalue weighted by Crippen LogP contribution is -2.35. The van der Waals surface area contributed by atoms with Gasteiger partial charge in [-0.1, -0.05) is 31.0 Å². The van der Waals surface area contributed by atoms with Crippen LogP contribution < -0.4 is 5.32 Å². The maximum Gasteiger partial charge on any atom is 0.269 e. The molecule has 8 nitrogen and oxygen atoms in total. The molecule has 0 unspecified atom stereocenters. The van der Waals surface area contributed by atoms with Crippen molar-refractivity contribution in [1.82, 2.24) is 20.2 Å². The van der Waals surface area contributed by atoms with Gasteiger partial charge in [-0.2, -0.15) is 4.68 Å². The van der Waals surface area contributed by atoms with Gasteiger partial charge in [0.1, 0.15) is 0 Å². The third-order valence-corrected chi connectivity index (χ3v) is 5.13. The molecule has 27 heavy (non-hydrogen) atoms. The van der Waals surface area contributed by atoms with Crippen LogP contribution in [0.1, 0.15) is 37.1 Å². The third-order valence-electron chi connectivity index (χ3n) is 5.13. The summed E-state index contributed by atoms with van der Waals surface area (Å²) in [6.45, 7) is 1.83. The Morgan fingerprint density at radius 3 is 2.56 bits per heavy atom. The SMILES string of the molecule is Cc1cc([N+](=O)[O-])ccc1-n1nnnc1C1(Nc2ccccc2)CCCC1. The van der Waals surface area contributed by atoms with Crippen molar-refractivity contribution in [2.45, 2.75) is 38.1 Å². The van der Waals surface area contributed by atoms with Gasteiger partial charge in [0.15, 0.2) is 5.82 Å². The van der Waals surface area contributed by atoms with Crippen LogP contribution in [0.2, 0.25) is 0 Å². The predicted octanol–water partition coefficient (Wildman–Crippen LogP) is 3.76. The molecule has 8 heteroatoms. The number of benzene rings is 2. The van der Waals surface area contributed by atoms with Crippen LogP contribution in [0.25, 0.3) is 5.69 Å². The molecule has 1 heterocycles. The second kappa shape index (κ2) is 6.79. The first-order valence-electron chi connectivity index (χ1n) is 8.97. The van der Waals surface area contributed by atoms with E-state index in [1.807, 2.05) is 37.3 Å². The first-order chi connectivity index (χ1) is 13.1. The van der Waals surface area contributed by atoms with E-state index in [9.17, 15) is 10.1 Å². The number of nitrogens with zero attached hydrogens (tertiary/aromatic N) is 5. The number of aryl methyl sites for hydroxylation is 1. The second-order valence-electron chi connectivity index (χ2n) is 6.92. The molecule has 0 radical (unpaired) electrons. The van der Waals surface area contributed by atoms with E-state index in [1.54, 1.807) is 16.8 Å². The Hall–Kier alpha value is -3.29. The second-order valence-corrected chi connectivity index (χ2v) is 6.92. The molecular weight excluding hydrogens is 344 g/mol. The van der Waals surface area contributed by atoms with Crippen LogP contribution in [0.4, 0.5) is 11.4 Å². The number of tetrazole rings is 1. The summed E-state index contributed by atoms with van der Waals surface area (Å²) in [6, 6.07) is 14.8. The van der Waals surface area contributed by atoms with E-state index in [-0.39, 0.29) is 11.2 Å². The first kappa shape index (κ1) is 17.1. The van der Waals surface area contributed by atoms with Crippen LogP contribution >= 0.6 is 0 Å². The zero-order chi connectivity index (χ0) is 18.9. The fourth-order valence-electron chi connectivity index (χ4n) is 3.82. The number of anilines is 1. The highest BCUT2D eigenvalue weighted by Crippen LogP contribution is 2.41. The lowest BCUT2D eigenvalue weighted by atomic mass is 9.95. The number of para-hydroxylation sites is 1. The lowest BCUT2D eigenvalue weighted by Gasteiger charge is -2.30. The summed E-state index contributed by atoms with van der Waals surface area (Å²) < 4.78 is 1.71. The Labute approximate surface area is 156 Å². The van der Waals surface area contributed by atoms with E-state index in [0.717, 1.165) is 48.4 Å². The minimum Gasteiger partial charge on any atom is -0.373 e. The zero-order valence-electron chi connectivity index (χ0n) is 15.0. The summed E-state index contributed by atoms with van der Waals surface area (Å²) in [5, 5.41) is 27.1. The molecule has 138 valence electrons. The van der Waals surface area contributed by atoms with Crippen molar-refractivity contribution in [1.29, 1.82) is 0 Å². The maximum absolute atomic E-state index is 11.0. The highest BCUT2D eigenvalue weighted by atomic mass is 16.6. The molecular formula is C19H20N6O2. The molecule has 1 aliphatic rings. The molecule has 1 N–H and O–H groups in total. The lowest BCUT2D eigenvalue weighted by molar-refractivity contribution is -0.384. The first-order valence-corrected chi connectivity index (χ1v) is 8.97. The van der Waals surface area contributed by atoms with Gasteiger partial charge in [0, 0.05) is 17.8 Å². The zero-order valence-corrected chi connectivity index (χ0v) is 15.0. The third kappa shape index (κ3) is 3.14. The Kier molecular flexibility index (Phi) is 4.31. The highest BCUT2D eigenvalue weighted by Gasteiger charge is 2.41. The minimum absolute atomic E-state index is 0.0591. The van der Waals surface area contributed by atoms with Crippen molar-refractivity contribution in [3.63, 3.8) is 0 Å². The largest absolute Gasteiger partial charge is 0.373 e. The fourth-order valence-corrected chi connectivity index (χ4v) is 3.82. The van der Waals surface area contributed by atoms with Crippen molar-refractivity contribution in [3.05, 3.63) is 70.0 Å². The molecule has 1 aliphatic carbocycles. The number of nitro groups is 1. The molecule has 0 bridgehead atoms. The minimum atomic E-state index is -0.396. The van der Waals surface area contributed by atoms with Crippen molar-refractivity contribution in [3.8, 4) is 5.69 Å². The normalized spacial score (nSPS) is 15.6. The number of rotatable bonds is 5. The van der Waals surface area contributed by atoms with Crippen LogP contribution in [0.5, 0.6) is 0 Å². The summed E-state index contributed by atoms with van der Waals surface area (Å²) in [5.41, 5.74) is 2.23. The monoisotopic (exact) mass is 364 g/mol. The molecule has 3 aromatic rings. The van der Waals surface area contributed by atoms with Crippen LogP contribution in [-0.2, 0) is 5.54 Å². The number of non-ortho nitro benzene ring substituents is 1. The summed E-state index contributed by atoms with van der Waals surface area (Å²) >= 11 is 0. The van der Waals surface area contributed by atoms with Gasteiger partial charge in [-0.15, -0.1) is 5.10 Å². The van der Waals surface area contributed by atoms with Gasteiger partial charge in [0.05, 0.1) is 16.1 Å². The molecule has 4 rings (SSSR count). The van der Waals surface area contributed by atoms with E-state index in [4.69, 9.17) is 0 Å².